The van der Waals surface area contributed by atoms with Crippen LogP contribution in [0.5, 0.6) is 0 Å². The first kappa shape index (κ1) is 19.1. The summed E-state index contributed by atoms with van der Waals surface area (Å²) in [5.74, 6) is 0.0783. The number of hydrogen-bond acceptors (Lipinski definition) is 3. The van der Waals surface area contributed by atoms with E-state index in [0.29, 0.717) is 0 Å². The van der Waals surface area contributed by atoms with Crippen LogP contribution in [0.1, 0.15) is 71.4 Å². The van der Waals surface area contributed by atoms with Gasteiger partial charge in [-0.1, -0.05) is 51.5 Å². The van der Waals surface area contributed by atoms with Crippen molar-refractivity contribution < 1.29 is 4.79 Å². The van der Waals surface area contributed by atoms with Gasteiger partial charge in [0.1, 0.15) is 0 Å². The van der Waals surface area contributed by atoms with E-state index in [4.69, 9.17) is 0 Å². The lowest BCUT2D eigenvalue weighted by atomic mass is 9.72. The van der Waals surface area contributed by atoms with Crippen LogP contribution in [0.3, 0.4) is 0 Å². The fourth-order valence-corrected chi connectivity index (χ4v) is 3.02. The molecule has 0 aliphatic carbocycles. The summed E-state index contributed by atoms with van der Waals surface area (Å²) in [6.07, 6.45) is 5.46. The highest BCUT2D eigenvalue weighted by Gasteiger charge is 2.30. The molecule has 23 heavy (non-hydrogen) atoms. The molecular weight excluding hydrogens is 284 g/mol. The molecule has 0 spiro atoms. The van der Waals surface area contributed by atoms with Crippen molar-refractivity contribution in [3.05, 3.63) is 35.4 Å². The molecule has 3 heteroatoms. The van der Waals surface area contributed by atoms with E-state index in [1.165, 1.54) is 5.56 Å². The van der Waals surface area contributed by atoms with E-state index in [2.05, 4.69) is 44.0 Å². The van der Waals surface area contributed by atoms with Crippen molar-refractivity contribution in [3.63, 3.8) is 0 Å². The average Bonchev–Trinajstić information content (AvgIpc) is 2.54. The van der Waals surface area contributed by atoms with E-state index >= 15 is 0 Å². The molecule has 1 aromatic carbocycles. The SMILES string of the molecule is CCCC(C#N)CC(C)(CC)c1cccc(C(C)(C)N=C=O)c1. The van der Waals surface area contributed by atoms with Gasteiger partial charge in [0.15, 0.2) is 0 Å². The molecule has 0 saturated carbocycles. The maximum absolute atomic E-state index is 10.7. The minimum atomic E-state index is -0.579. The van der Waals surface area contributed by atoms with Gasteiger partial charge in [-0.2, -0.15) is 10.3 Å². The van der Waals surface area contributed by atoms with Crippen LogP contribution < -0.4 is 0 Å². The van der Waals surface area contributed by atoms with Crippen LogP contribution >= 0.6 is 0 Å². The number of hydrogen-bond donors (Lipinski definition) is 0. The van der Waals surface area contributed by atoms with E-state index < -0.39 is 5.54 Å². The van der Waals surface area contributed by atoms with Gasteiger partial charge in [-0.3, -0.25) is 0 Å². The number of carbonyl (C=O) groups excluding carboxylic acids is 1. The largest absolute Gasteiger partial charge is 0.235 e. The molecule has 0 radical (unpaired) electrons. The van der Waals surface area contributed by atoms with Gasteiger partial charge in [0.2, 0.25) is 6.08 Å². The van der Waals surface area contributed by atoms with E-state index in [9.17, 15) is 10.1 Å². The topological polar surface area (TPSA) is 53.2 Å². The van der Waals surface area contributed by atoms with Gasteiger partial charge in [0, 0.05) is 5.92 Å². The number of benzene rings is 1. The lowest BCUT2D eigenvalue weighted by Gasteiger charge is -2.32. The minimum absolute atomic E-state index is 0.0491. The molecule has 3 nitrogen and oxygen atoms in total. The smallest absolute Gasteiger partial charge is 0.211 e. The van der Waals surface area contributed by atoms with Crippen LogP contribution in [0.15, 0.2) is 29.3 Å². The summed E-state index contributed by atoms with van der Waals surface area (Å²) in [6, 6.07) is 10.7. The Morgan fingerprint density at radius 2 is 1.87 bits per heavy atom. The van der Waals surface area contributed by atoms with E-state index in [1.54, 1.807) is 6.08 Å². The van der Waals surface area contributed by atoms with Gasteiger partial charge in [-0.15, -0.1) is 0 Å². The van der Waals surface area contributed by atoms with Crippen LogP contribution in [0.25, 0.3) is 0 Å². The summed E-state index contributed by atoms with van der Waals surface area (Å²) in [5, 5.41) is 9.41. The van der Waals surface area contributed by atoms with Crippen molar-refractivity contribution in [1.82, 2.24) is 0 Å². The van der Waals surface area contributed by atoms with Gasteiger partial charge in [-0.25, -0.2) is 4.79 Å². The fourth-order valence-electron chi connectivity index (χ4n) is 3.02. The lowest BCUT2D eigenvalue weighted by molar-refractivity contribution is 0.354. The van der Waals surface area contributed by atoms with Gasteiger partial charge < -0.3 is 0 Å². The van der Waals surface area contributed by atoms with Gasteiger partial charge >= 0.3 is 0 Å². The predicted octanol–water partition coefficient (Wildman–Crippen LogP) is 5.26. The second kappa shape index (κ2) is 8.09. The Bertz CT molecular complexity index is 608. The minimum Gasteiger partial charge on any atom is -0.211 e. The molecule has 1 rings (SSSR count). The van der Waals surface area contributed by atoms with E-state index in [1.807, 2.05) is 26.0 Å². The van der Waals surface area contributed by atoms with Gasteiger partial charge in [-0.05, 0) is 49.7 Å². The maximum atomic E-state index is 10.7. The van der Waals surface area contributed by atoms with Crippen LogP contribution in [-0.4, -0.2) is 6.08 Å². The number of rotatable bonds is 8. The normalized spacial score (nSPS) is 15.1. The van der Waals surface area contributed by atoms with Crippen molar-refractivity contribution in [2.75, 3.05) is 0 Å². The van der Waals surface area contributed by atoms with Crippen LogP contribution in [0.4, 0.5) is 0 Å². The highest BCUT2D eigenvalue weighted by Crippen LogP contribution is 2.37. The zero-order valence-electron chi connectivity index (χ0n) is 15.0. The molecule has 0 fully saturated rings. The first-order valence-electron chi connectivity index (χ1n) is 8.42. The van der Waals surface area contributed by atoms with Gasteiger partial charge in [0.25, 0.3) is 0 Å². The van der Waals surface area contributed by atoms with Crippen molar-refractivity contribution in [1.29, 1.82) is 5.26 Å². The van der Waals surface area contributed by atoms with Crippen molar-refractivity contribution in [2.24, 2.45) is 10.9 Å². The third kappa shape index (κ3) is 4.78. The lowest BCUT2D eigenvalue weighted by Crippen LogP contribution is -2.25. The Labute approximate surface area is 140 Å². The summed E-state index contributed by atoms with van der Waals surface area (Å²) < 4.78 is 0. The molecule has 1 aromatic rings. The van der Waals surface area contributed by atoms with Gasteiger partial charge in [0.05, 0.1) is 11.6 Å². The van der Waals surface area contributed by atoms with Crippen molar-refractivity contribution in [3.8, 4) is 6.07 Å². The second-order valence-electron chi connectivity index (χ2n) is 7.08. The van der Waals surface area contributed by atoms with Crippen LogP contribution in [-0.2, 0) is 15.7 Å². The Kier molecular flexibility index (Phi) is 6.73. The highest BCUT2D eigenvalue weighted by atomic mass is 16.1. The first-order valence-corrected chi connectivity index (χ1v) is 8.42. The van der Waals surface area contributed by atoms with E-state index in [0.717, 1.165) is 31.2 Å². The van der Waals surface area contributed by atoms with Crippen molar-refractivity contribution >= 4 is 6.08 Å². The number of nitrogens with zero attached hydrogens (tertiary/aromatic N) is 2. The molecule has 0 aliphatic rings. The Hall–Kier alpha value is -1.91. The molecule has 2 unspecified atom stereocenters. The Morgan fingerprint density at radius 1 is 1.22 bits per heavy atom. The highest BCUT2D eigenvalue weighted by molar-refractivity contribution is 5.39. The third-order valence-corrected chi connectivity index (χ3v) is 4.89. The average molecular weight is 312 g/mol. The summed E-state index contributed by atoms with van der Waals surface area (Å²) >= 11 is 0. The second-order valence-corrected chi connectivity index (χ2v) is 7.08. The summed E-state index contributed by atoms with van der Waals surface area (Å²) in [7, 11) is 0. The number of nitriles is 1. The Morgan fingerprint density at radius 3 is 2.39 bits per heavy atom. The molecule has 0 saturated heterocycles. The standard InChI is InChI=1S/C20H28N2O/c1-6-9-16(14-21)13-20(5,7-2)18-11-8-10-17(12-18)19(3,4)22-15-23/h8,10-12,16H,6-7,9,13H2,1-5H3. The molecular formula is C20H28N2O. The van der Waals surface area contributed by atoms with Crippen molar-refractivity contribution in [2.45, 2.75) is 71.3 Å². The predicted molar refractivity (Wildman–Crippen MR) is 93.9 cm³/mol. The molecule has 0 bridgehead atoms. The fraction of sp³-hybridized carbons (Fsp3) is 0.600. The number of aliphatic imine (C=N–C) groups is 1. The molecule has 0 amide bonds. The maximum Gasteiger partial charge on any atom is 0.235 e. The quantitative estimate of drug-likeness (QED) is 0.486. The molecule has 0 aromatic heterocycles. The molecule has 0 N–H and O–H groups in total. The molecule has 2 atom stereocenters. The molecule has 0 aliphatic heterocycles. The molecule has 124 valence electrons. The zero-order chi connectivity index (χ0) is 17.5. The summed E-state index contributed by atoms with van der Waals surface area (Å²) in [4.78, 5) is 14.6. The summed E-state index contributed by atoms with van der Waals surface area (Å²) in [5.41, 5.74) is 1.59. The van der Waals surface area contributed by atoms with Crippen LogP contribution in [0, 0.1) is 17.2 Å². The number of isocyanates is 1. The summed E-state index contributed by atoms with van der Waals surface area (Å²) in [6.45, 7) is 10.3. The third-order valence-electron chi connectivity index (χ3n) is 4.89. The Balaban J connectivity index is 3.21. The first-order chi connectivity index (χ1) is 10.8. The monoisotopic (exact) mass is 312 g/mol. The molecule has 0 heterocycles. The van der Waals surface area contributed by atoms with E-state index in [-0.39, 0.29) is 11.3 Å². The zero-order valence-corrected chi connectivity index (χ0v) is 15.0. The van der Waals surface area contributed by atoms with Crippen LogP contribution in [0.2, 0.25) is 0 Å².